The predicted octanol–water partition coefficient (Wildman–Crippen LogP) is 7.00. The summed E-state index contributed by atoms with van der Waals surface area (Å²) >= 11 is 0. The maximum Gasteiger partial charge on any atom is 0.392 e. The van der Waals surface area contributed by atoms with Crippen molar-refractivity contribution in [2.24, 2.45) is 4.99 Å². The van der Waals surface area contributed by atoms with Crippen LogP contribution < -0.4 is 10.6 Å². The Labute approximate surface area is 213 Å². The average molecular weight is 477 g/mol. The summed E-state index contributed by atoms with van der Waals surface area (Å²) in [5.74, 6) is 3.34. The molecule has 0 spiro atoms. The number of aliphatic imine (C=N–C) groups is 1. The normalized spacial score (nSPS) is 14.1. The van der Waals surface area contributed by atoms with Gasteiger partial charge < -0.3 is 10.6 Å². The summed E-state index contributed by atoms with van der Waals surface area (Å²) in [5, 5.41) is 7.58. The zero-order chi connectivity index (χ0) is 25.9. The van der Waals surface area contributed by atoms with Crippen molar-refractivity contribution >= 4 is 23.3 Å². The molecule has 5 heteroatoms. The Morgan fingerprint density at radius 1 is 0.743 bits per heavy atom. The van der Waals surface area contributed by atoms with Crippen LogP contribution in [0.5, 0.6) is 0 Å². The molecule has 0 aliphatic carbocycles. The lowest BCUT2D eigenvalue weighted by Gasteiger charge is -2.24. The SMILES string of the molecule is CC(C)c1cccc(C(C)C)c1NC(=NC1=[N+](C)CCN1C)Nc1c(C(C)C)cccc1C(C)C. The summed E-state index contributed by atoms with van der Waals surface area (Å²) in [7, 11) is 4.23. The van der Waals surface area contributed by atoms with Crippen LogP contribution in [0.15, 0.2) is 41.4 Å². The van der Waals surface area contributed by atoms with Crippen LogP contribution in [0.3, 0.4) is 0 Å². The number of benzene rings is 2. The minimum absolute atomic E-state index is 0.399. The van der Waals surface area contributed by atoms with E-state index in [2.05, 4.69) is 126 Å². The number of nitrogens with one attached hydrogen (secondary N) is 2. The molecule has 0 aromatic heterocycles. The highest BCUT2D eigenvalue weighted by Gasteiger charge is 2.27. The van der Waals surface area contributed by atoms with Gasteiger partial charge >= 0.3 is 5.96 Å². The molecule has 35 heavy (non-hydrogen) atoms. The number of anilines is 2. The molecule has 2 N–H and O–H groups in total. The molecule has 2 aromatic rings. The maximum atomic E-state index is 5.19. The first-order valence-electron chi connectivity index (χ1n) is 13.2. The van der Waals surface area contributed by atoms with Crippen molar-refractivity contribution < 1.29 is 4.58 Å². The van der Waals surface area contributed by atoms with E-state index in [0.29, 0.717) is 23.7 Å². The van der Waals surface area contributed by atoms with Gasteiger partial charge in [-0.2, -0.15) is 0 Å². The molecule has 3 rings (SSSR count). The zero-order valence-electron chi connectivity index (χ0n) is 23.5. The quantitative estimate of drug-likeness (QED) is 0.268. The fourth-order valence-corrected chi connectivity index (χ4v) is 4.78. The average Bonchev–Trinajstić information content (AvgIpc) is 3.10. The van der Waals surface area contributed by atoms with Gasteiger partial charge in [0.25, 0.3) is 5.96 Å². The smallest absolute Gasteiger partial charge is 0.311 e. The molecule has 0 unspecified atom stereocenters. The number of hydrogen-bond donors (Lipinski definition) is 2. The molecule has 1 heterocycles. The summed E-state index contributed by atoms with van der Waals surface area (Å²) in [6.45, 7) is 20.0. The Bertz CT molecular complexity index is 972. The predicted molar refractivity (Wildman–Crippen MR) is 153 cm³/mol. The highest BCUT2D eigenvalue weighted by molar-refractivity contribution is 6.10. The Kier molecular flexibility index (Phi) is 8.63. The van der Waals surface area contributed by atoms with E-state index in [1.54, 1.807) is 0 Å². The molecule has 0 fully saturated rings. The summed E-state index contributed by atoms with van der Waals surface area (Å²) in [4.78, 5) is 7.41. The second kappa shape index (κ2) is 11.3. The summed E-state index contributed by atoms with van der Waals surface area (Å²) in [6, 6.07) is 13.3. The van der Waals surface area contributed by atoms with Gasteiger partial charge in [0.15, 0.2) is 0 Å². The van der Waals surface area contributed by atoms with E-state index in [-0.39, 0.29) is 0 Å². The van der Waals surface area contributed by atoms with Crippen molar-refractivity contribution in [2.45, 2.75) is 79.1 Å². The van der Waals surface area contributed by atoms with E-state index < -0.39 is 0 Å². The lowest BCUT2D eigenvalue weighted by Crippen LogP contribution is -2.31. The van der Waals surface area contributed by atoms with Crippen LogP contribution in [0.1, 0.15) is 101 Å². The van der Waals surface area contributed by atoms with Crippen molar-refractivity contribution in [3.63, 3.8) is 0 Å². The summed E-state index contributed by atoms with van der Waals surface area (Å²) in [5.41, 5.74) is 7.58. The molecule has 0 saturated carbocycles. The van der Waals surface area contributed by atoms with E-state index >= 15 is 0 Å². The van der Waals surface area contributed by atoms with Crippen LogP contribution in [0.2, 0.25) is 0 Å². The topological polar surface area (TPSA) is 42.7 Å². The first kappa shape index (κ1) is 26.8. The van der Waals surface area contributed by atoms with Gasteiger partial charge in [0, 0.05) is 11.4 Å². The number of rotatable bonds is 6. The molecule has 0 atom stereocenters. The number of likely N-dealkylation sites (N-methyl/N-ethyl adjacent to an activating group) is 2. The van der Waals surface area contributed by atoms with Crippen molar-refractivity contribution in [3.8, 4) is 0 Å². The van der Waals surface area contributed by atoms with Crippen LogP contribution in [0, 0.1) is 0 Å². The fourth-order valence-electron chi connectivity index (χ4n) is 4.78. The van der Waals surface area contributed by atoms with Gasteiger partial charge in [0.2, 0.25) is 0 Å². The van der Waals surface area contributed by atoms with E-state index in [9.17, 15) is 0 Å². The van der Waals surface area contributed by atoms with Crippen LogP contribution in [-0.4, -0.2) is 48.6 Å². The van der Waals surface area contributed by atoms with E-state index in [4.69, 9.17) is 4.99 Å². The van der Waals surface area contributed by atoms with Crippen LogP contribution in [-0.2, 0) is 0 Å². The lowest BCUT2D eigenvalue weighted by molar-refractivity contribution is -0.487. The molecular weight excluding hydrogens is 430 g/mol. The Hall–Kier alpha value is -2.82. The monoisotopic (exact) mass is 476 g/mol. The fraction of sp³-hybridized carbons (Fsp3) is 0.533. The van der Waals surface area contributed by atoms with Crippen molar-refractivity contribution in [1.29, 1.82) is 0 Å². The van der Waals surface area contributed by atoms with Gasteiger partial charge in [0.05, 0.1) is 27.2 Å². The highest BCUT2D eigenvalue weighted by atomic mass is 15.4. The molecule has 0 saturated heterocycles. The van der Waals surface area contributed by atoms with Gasteiger partial charge in [-0.05, 0) is 50.9 Å². The van der Waals surface area contributed by atoms with E-state index in [1.165, 1.54) is 33.6 Å². The highest BCUT2D eigenvalue weighted by Crippen LogP contribution is 2.35. The standard InChI is InChI=1S/C30H45N5/c1-19(2)23-13-11-14-24(20(3)4)27(23)31-29(33-30-34(9)17-18-35(30)10)32-28-25(21(5)6)15-12-16-26(28)22(7)8/h11-16,19-22H,17-18H2,1-10H3,(H,31,32)/p+1. The minimum Gasteiger partial charge on any atom is -0.311 e. The van der Waals surface area contributed by atoms with Crippen molar-refractivity contribution in [3.05, 3.63) is 58.7 Å². The van der Waals surface area contributed by atoms with Gasteiger partial charge in [-0.25, -0.2) is 0 Å². The largest absolute Gasteiger partial charge is 0.392 e. The Morgan fingerprint density at radius 2 is 1.11 bits per heavy atom. The second-order valence-corrected chi connectivity index (χ2v) is 11.1. The molecule has 0 radical (unpaired) electrons. The molecule has 0 amide bonds. The molecule has 190 valence electrons. The number of nitrogens with zero attached hydrogens (tertiary/aromatic N) is 3. The van der Waals surface area contributed by atoms with Gasteiger partial charge in [-0.3, -0.25) is 9.48 Å². The van der Waals surface area contributed by atoms with Crippen molar-refractivity contribution in [1.82, 2.24) is 4.90 Å². The van der Waals surface area contributed by atoms with Gasteiger partial charge in [-0.15, -0.1) is 0 Å². The zero-order valence-corrected chi connectivity index (χ0v) is 23.5. The molecule has 1 aliphatic rings. The maximum absolute atomic E-state index is 5.19. The number of guanidine groups is 2. The van der Waals surface area contributed by atoms with E-state index in [1.807, 2.05) is 0 Å². The molecule has 0 bridgehead atoms. The van der Waals surface area contributed by atoms with Crippen molar-refractivity contribution in [2.75, 3.05) is 37.8 Å². The Morgan fingerprint density at radius 3 is 1.40 bits per heavy atom. The molecule has 2 aromatic carbocycles. The number of hydrogen-bond acceptors (Lipinski definition) is 2. The lowest BCUT2D eigenvalue weighted by atomic mass is 9.92. The molecular formula is C30H46N5+. The van der Waals surface area contributed by atoms with Gasteiger partial charge in [-0.1, -0.05) is 91.8 Å². The summed E-state index contributed by atoms with van der Waals surface area (Å²) < 4.78 is 2.22. The third kappa shape index (κ3) is 6.06. The third-order valence-corrected chi connectivity index (χ3v) is 6.90. The number of para-hydroxylation sites is 2. The minimum atomic E-state index is 0.399. The van der Waals surface area contributed by atoms with Crippen LogP contribution in [0.25, 0.3) is 0 Å². The first-order valence-corrected chi connectivity index (χ1v) is 13.2. The second-order valence-electron chi connectivity index (χ2n) is 11.1. The van der Waals surface area contributed by atoms with Gasteiger partial charge in [0.1, 0.15) is 0 Å². The Balaban J connectivity index is 2.20. The first-order chi connectivity index (χ1) is 16.5. The molecule has 5 nitrogen and oxygen atoms in total. The van der Waals surface area contributed by atoms with E-state index in [0.717, 1.165) is 25.0 Å². The summed E-state index contributed by atoms with van der Waals surface area (Å²) in [6.07, 6.45) is 0. The van der Waals surface area contributed by atoms with Crippen LogP contribution in [0.4, 0.5) is 11.4 Å². The van der Waals surface area contributed by atoms with Crippen LogP contribution >= 0.6 is 0 Å². The molecule has 1 aliphatic heterocycles. The third-order valence-electron chi connectivity index (χ3n) is 6.90.